The summed E-state index contributed by atoms with van der Waals surface area (Å²) in [6.45, 7) is 5.08. The number of hydrogen-bond donors (Lipinski definition) is 1. The molecule has 0 radical (unpaired) electrons. The van der Waals surface area contributed by atoms with Gasteiger partial charge < -0.3 is 9.88 Å². The maximum absolute atomic E-state index is 12.4. The first kappa shape index (κ1) is 12.8. The second-order valence-electron chi connectivity index (χ2n) is 4.43. The average Bonchev–Trinajstić information content (AvgIpc) is 3.00. The Hall–Kier alpha value is -2.22. The van der Waals surface area contributed by atoms with Crippen molar-refractivity contribution in [2.24, 2.45) is 0 Å². The van der Waals surface area contributed by atoms with E-state index < -0.39 is 0 Å². The lowest BCUT2D eigenvalue weighted by atomic mass is 10.4. The Labute approximate surface area is 119 Å². The Morgan fingerprint density at radius 2 is 2.25 bits per heavy atom. The van der Waals surface area contributed by atoms with Crippen LogP contribution in [0.15, 0.2) is 23.3 Å². The van der Waals surface area contributed by atoms with Crippen LogP contribution in [-0.2, 0) is 6.54 Å². The fraction of sp³-hybridized carbons (Fsp3) is 0.333. The molecule has 104 valence electrons. The normalized spacial score (nSPS) is 11.1. The summed E-state index contributed by atoms with van der Waals surface area (Å²) in [4.78, 5) is 12.4. The number of anilines is 1. The maximum atomic E-state index is 12.4. The molecule has 0 aliphatic carbocycles. The molecule has 0 saturated carbocycles. The van der Waals surface area contributed by atoms with Crippen LogP contribution in [0.4, 0.5) is 5.00 Å². The fourth-order valence-corrected chi connectivity index (χ4v) is 2.68. The predicted molar refractivity (Wildman–Crippen MR) is 77.4 cm³/mol. The van der Waals surface area contributed by atoms with Crippen LogP contribution in [0.25, 0.3) is 5.52 Å². The van der Waals surface area contributed by atoms with Crippen molar-refractivity contribution in [1.29, 1.82) is 0 Å². The predicted octanol–water partition coefficient (Wildman–Crippen LogP) is 1.14. The molecule has 7 nitrogen and oxygen atoms in total. The van der Waals surface area contributed by atoms with E-state index in [0.29, 0.717) is 12.1 Å². The lowest BCUT2D eigenvalue weighted by Gasteiger charge is -2.05. The zero-order valence-corrected chi connectivity index (χ0v) is 12.0. The molecule has 0 spiro atoms. The van der Waals surface area contributed by atoms with E-state index >= 15 is 0 Å². The first-order chi connectivity index (χ1) is 9.69. The number of nitrogens with one attached hydrogen (secondary N) is 1. The van der Waals surface area contributed by atoms with Crippen LogP contribution in [-0.4, -0.2) is 30.3 Å². The van der Waals surface area contributed by atoms with Gasteiger partial charge in [0, 0.05) is 30.5 Å². The Bertz CT molecular complexity index is 802. The molecule has 3 heterocycles. The van der Waals surface area contributed by atoms with Crippen LogP contribution in [0, 0.1) is 6.92 Å². The first-order valence-corrected chi connectivity index (χ1v) is 7.07. The van der Waals surface area contributed by atoms with Gasteiger partial charge in [0.15, 0.2) is 0 Å². The Morgan fingerprint density at radius 3 is 3.05 bits per heavy atom. The maximum Gasteiger partial charge on any atom is 0.276 e. The molecule has 0 atom stereocenters. The van der Waals surface area contributed by atoms with Crippen molar-refractivity contribution < 1.29 is 0 Å². The van der Waals surface area contributed by atoms with Crippen molar-refractivity contribution in [3.05, 3.63) is 40.2 Å². The van der Waals surface area contributed by atoms with E-state index in [0.717, 1.165) is 22.9 Å². The van der Waals surface area contributed by atoms with E-state index in [1.54, 1.807) is 27.5 Å². The van der Waals surface area contributed by atoms with Crippen molar-refractivity contribution in [2.75, 3.05) is 11.9 Å². The molecule has 0 fully saturated rings. The molecule has 0 aliphatic heterocycles. The van der Waals surface area contributed by atoms with E-state index in [9.17, 15) is 4.79 Å². The van der Waals surface area contributed by atoms with E-state index in [1.807, 2.05) is 13.8 Å². The number of fused-ring (bicyclic) bond motifs is 1. The highest BCUT2D eigenvalue weighted by atomic mass is 32.1. The molecule has 0 aromatic carbocycles. The van der Waals surface area contributed by atoms with Gasteiger partial charge in [-0.25, -0.2) is 4.52 Å². The third-order valence-corrected chi connectivity index (χ3v) is 3.66. The van der Waals surface area contributed by atoms with Gasteiger partial charge in [-0.3, -0.25) is 4.79 Å². The SMILES string of the molecule is CCNc1snnc1Cn1ccn2nc(C)cc2c1=O. The van der Waals surface area contributed by atoms with Crippen molar-refractivity contribution in [3.63, 3.8) is 0 Å². The lowest BCUT2D eigenvalue weighted by Crippen LogP contribution is -2.22. The van der Waals surface area contributed by atoms with Gasteiger partial charge in [-0.05, 0) is 19.9 Å². The quantitative estimate of drug-likeness (QED) is 0.779. The Kier molecular flexibility index (Phi) is 3.23. The second kappa shape index (κ2) is 5.04. The molecule has 0 saturated heterocycles. The summed E-state index contributed by atoms with van der Waals surface area (Å²) in [5, 5.41) is 12.4. The molecule has 8 heteroatoms. The summed E-state index contributed by atoms with van der Waals surface area (Å²) in [6.07, 6.45) is 3.49. The molecular formula is C12H14N6OS. The number of hydrogen-bond acceptors (Lipinski definition) is 6. The summed E-state index contributed by atoms with van der Waals surface area (Å²) in [7, 11) is 0. The molecule has 3 aromatic heterocycles. The highest BCUT2D eigenvalue weighted by molar-refractivity contribution is 7.10. The van der Waals surface area contributed by atoms with Gasteiger partial charge in [-0.15, -0.1) is 5.10 Å². The minimum absolute atomic E-state index is 0.0800. The zero-order valence-electron chi connectivity index (χ0n) is 11.2. The van der Waals surface area contributed by atoms with Crippen LogP contribution < -0.4 is 10.9 Å². The van der Waals surface area contributed by atoms with Gasteiger partial charge in [-0.1, -0.05) is 4.49 Å². The van der Waals surface area contributed by atoms with Gasteiger partial charge in [0.1, 0.15) is 16.2 Å². The van der Waals surface area contributed by atoms with E-state index in [2.05, 4.69) is 20.0 Å². The topological polar surface area (TPSA) is 77.1 Å². The van der Waals surface area contributed by atoms with Crippen molar-refractivity contribution in [1.82, 2.24) is 23.8 Å². The van der Waals surface area contributed by atoms with Gasteiger partial charge in [-0.2, -0.15) is 5.10 Å². The third kappa shape index (κ3) is 2.18. The number of nitrogens with zero attached hydrogens (tertiary/aromatic N) is 5. The molecule has 1 N–H and O–H groups in total. The second-order valence-corrected chi connectivity index (χ2v) is 5.18. The molecule has 0 aliphatic rings. The number of rotatable bonds is 4. The van der Waals surface area contributed by atoms with Gasteiger partial charge in [0.25, 0.3) is 5.56 Å². The third-order valence-electron chi connectivity index (χ3n) is 2.94. The summed E-state index contributed by atoms with van der Waals surface area (Å²) >= 11 is 1.30. The van der Waals surface area contributed by atoms with Crippen LogP contribution in [0.1, 0.15) is 18.3 Å². The summed E-state index contributed by atoms with van der Waals surface area (Å²) < 4.78 is 7.14. The van der Waals surface area contributed by atoms with Crippen molar-refractivity contribution in [2.45, 2.75) is 20.4 Å². The zero-order chi connectivity index (χ0) is 14.1. The van der Waals surface area contributed by atoms with Gasteiger partial charge in [0.2, 0.25) is 0 Å². The van der Waals surface area contributed by atoms with Crippen molar-refractivity contribution >= 4 is 22.1 Å². The van der Waals surface area contributed by atoms with Crippen LogP contribution in [0.3, 0.4) is 0 Å². The molecule has 0 unspecified atom stereocenters. The molecule has 3 rings (SSSR count). The standard InChI is InChI=1S/C12H14N6OS/c1-3-13-11-9(14-16-20-11)7-17-4-5-18-10(12(17)19)6-8(2)15-18/h4-6,13H,3,7H2,1-2H3. The molecule has 0 bridgehead atoms. The van der Waals surface area contributed by atoms with Gasteiger partial charge in [0.05, 0.1) is 12.2 Å². The Balaban J connectivity index is 2.00. The summed E-state index contributed by atoms with van der Waals surface area (Å²) in [5.41, 5.74) is 2.09. The fourth-order valence-electron chi connectivity index (χ4n) is 2.04. The van der Waals surface area contributed by atoms with Gasteiger partial charge >= 0.3 is 0 Å². The first-order valence-electron chi connectivity index (χ1n) is 6.29. The van der Waals surface area contributed by atoms with E-state index in [-0.39, 0.29) is 5.56 Å². The van der Waals surface area contributed by atoms with Crippen LogP contribution in [0.2, 0.25) is 0 Å². The largest absolute Gasteiger partial charge is 0.374 e. The number of aryl methyl sites for hydroxylation is 1. The highest BCUT2D eigenvalue weighted by Crippen LogP contribution is 2.17. The minimum Gasteiger partial charge on any atom is -0.374 e. The molecule has 20 heavy (non-hydrogen) atoms. The van der Waals surface area contributed by atoms with E-state index in [4.69, 9.17) is 0 Å². The smallest absolute Gasteiger partial charge is 0.276 e. The molecule has 0 amide bonds. The highest BCUT2D eigenvalue weighted by Gasteiger charge is 2.11. The monoisotopic (exact) mass is 290 g/mol. The average molecular weight is 290 g/mol. The van der Waals surface area contributed by atoms with Crippen molar-refractivity contribution in [3.8, 4) is 0 Å². The summed E-state index contributed by atoms with van der Waals surface area (Å²) in [6, 6.07) is 1.78. The molecule has 3 aromatic rings. The van der Waals surface area contributed by atoms with E-state index in [1.165, 1.54) is 11.5 Å². The van der Waals surface area contributed by atoms with Crippen LogP contribution in [0.5, 0.6) is 0 Å². The van der Waals surface area contributed by atoms with Crippen LogP contribution >= 0.6 is 11.5 Å². The Morgan fingerprint density at radius 1 is 1.40 bits per heavy atom. The lowest BCUT2D eigenvalue weighted by molar-refractivity contribution is 0.723. The summed E-state index contributed by atoms with van der Waals surface area (Å²) in [5.74, 6) is 0. The number of aromatic nitrogens is 5. The minimum atomic E-state index is -0.0800. The molecular weight excluding hydrogens is 276 g/mol.